The van der Waals surface area contributed by atoms with E-state index in [-0.39, 0.29) is 0 Å². The van der Waals surface area contributed by atoms with Gasteiger partial charge in [-0.2, -0.15) is 0 Å². The molecule has 0 saturated carbocycles. The van der Waals surface area contributed by atoms with Crippen LogP contribution in [0.25, 0.3) is 0 Å². The minimum atomic E-state index is -2.27. The van der Waals surface area contributed by atoms with Crippen LogP contribution in [0.2, 0.25) is 0 Å². The summed E-state index contributed by atoms with van der Waals surface area (Å²) in [7, 11) is -2.27. The van der Waals surface area contributed by atoms with Gasteiger partial charge in [-0.1, -0.05) is 25.5 Å². The maximum absolute atomic E-state index is 10.3. The van der Waals surface area contributed by atoms with E-state index in [1.54, 1.807) is 0 Å². The molecule has 3 heteroatoms. The molecule has 0 aliphatic carbocycles. The van der Waals surface area contributed by atoms with Gasteiger partial charge in [-0.15, -0.1) is 0 Å². The van der Waals surface area contributed by atoms with Crippen LogP contribution in [0.5, 0.6) is 0 Å². The van der Waals surface area contributed by atoms with E-state index >= 15 is 0 Å². The first-order valence-electron chi connectivity index (χ1n) is 4.05. The van der Waals surface area contributed by atoms with Gasteiger partial charge in [-0.05, 0) is 19.3 Å². The number of unbranched alkanes of at least 4 members (excludes halogenated alkanes) is 1. The Hall–Kier alpha value is -0.0700. The Morgan fingerprint density at radius 1 is 1.55 bits per heavy atom. The largest absolute Gasteiger partial charge is 0.346 e. The van der Waals surface area contributed by atoms with Crippen molar-refractivity contribution in [3.63, 3.8) is 0 Å². The molecule has 0 rings (SSSR count). The molecule has 1 N–H and O–H groups in total. The summed E-state index contributed by atoms with van der Waals surface area (Å²) in [5.74, 6) is 0. The van der Waals surface area contributed by atoms with Gasteiger partial charge < -0.3 is 4.89 Å². The predicted molar refractivity (Wildman–Crippen MR) is 49.4 cm³/mol. The Labute approximate surface area is 69.2 Å². The summed E-state index contributed by atoms with van der Waals surface area (Å²) in [4.78, 5) is 8.53. The summed E-state index contributed by atoms with van der Waals surface area (Å²) in [6.07, 6.45) is 4.44. The van der Waals surface area contributed by atoms with Crippen LogP contribution in [0.4, 0.5) is 0 Å². The molecule has 1 atom stereocenters. The molecule has 1 unspecified atom stereocenters. The van der Waals surface area contributed by atoms with Crippen molar-refractivity contribution in [3.8, 4) is 0 Å². The van der Waals surface area contributed by atoms with Crippen LogP contribution >= 0.6 is 8.03 Å². The normalized spacial score (nSPS) is 12.9. The first-order chi connectivity index (χ1) is 5.16. The molecule has 66 valence electrons. The summed E-state index contributed by atoms with van der Waals surface area (Å²) in [6, 6.07) is 0. The molecular formula is C8H17O2P. The Balaban J connectivity index is 3.30. The topological polar surface area (TPSA) is 37.3 Å². The van der Waals surface area contributed by atoms with Crippen LogP contribution < -0.4 is 0 Å². The Kier molecular flexibility index (Phi) is 6.59. The minimum Gasteiger partial charge on any atom is -0.346 e. The lowest BCUT2D eigenvalue weighted by Gasteiger charge is -2.01. The molecule has 0 heterocycles. The molecule has 0 radical (unpaired) electrons. The smallest absolute Gasteiger partial charge is 0.189 e. The summed E-state index contributed by atoms with van der Waals surface area (Å²) in [6.45, 7) is 5.96. The van der Waals surface area contributed by atoms with E-state index in [2.05, 4.69) is 13.5 Å². The van der Waals surface area contributed by atoms with Gasteiger partial charge in [0.05, 0.1) is 0 Å². The summed E-state index contributed by atoms with van der Waals surface area (Å²) in [5, 5.41) is 0. The maximum Gasteiger partial charge on any atom is 0.189 e. The van der Waals surface area contributed by atoms with E-state index in [1.807, 2.05) is 0 Å². The van der Waals surface area contributed by atoms with Gasteiger partial charge in [0, 0.05) is 6.16 Å². The van der Waals surface area contributed by atoms with Gasteiger partial charge in [-0.3, -0.25) is 4.57 Å². The lowest BCUT2D eigenvalue weighted by atomic mass is 10.1. The highest BCUT2D eigenvalue weighted by atomic mass is 31.1. The first kappa shape index (κ1) is 10.9. The maximum atomic E-state index is 10.3. The van der Waals surface area contributed by atoms with Crippen molar-refractivity contribution in [2.24, 2.45) is 0 Å². The quantitative estimate of drug-likeness (QED) is 0.499. The van der Waals surface area contributed by atoms with Gasteiger partial charge in [0.25, 0.3) is 0 Å². The third kappa shape index (κ3) is 7.83. The van der Waals surface area contributed by atoms with Crippen molar-refractivity contribution in [1.29, 1.82) is 0 Å². The zero-order valence-electron chi connectivity index (χ0n) is 7.10. The number of hydrogen-bond donors (Lipinski definition) is 1. The second-order valence-electron chi connectivity index (χ2n) is 2.75. The molecule has 0 saturated heterocycles. The molecule has 0 aromatic heterocycles. The number of hydrogen-bond acceptors (Lipinski definition) is 1. The fourth-order valence-electron chi connectivity index (χ4n) is 0.835. The third-order valence-electron chi connectivity index (χ3n) is 1.58. The van der Waals surface area contributed by atoms with E-state index in [4.69, 9.17) is 4.89 Å². The van der Waals surface area contributed by atoms with Crippen molar-refractivity contribution in [1.82, 2.24) is 0 Å². The van der Waals surface area contributed by atoms with Crippen LogP contribution in [-0.2, 0) is 4.57 Å². The Morgan fingerprint density at radius 2 is 2.18 bits per heavy atom. The standard InChI is InChI=1S/C8H17O2P/c1-3-4-5-8(2)6-7-11(9)10/h11H,2-7H2,1H3,(H,9,10). The Morgan fingerprint density at radius 3 is 2.64 bits per heavy atom. The molecule has 0 aromatic rings. The monoisotopic (exact) mass is 176 g/mol. The van der Waals surface area contributed by atoms with E-state index in [0.717, 1.165) is 24.8 Å². The summed E-state index contributed by atoms with van der Waals surface area (Å²) in [5.41, 5.74) is 1.11. The van der Waals surface area contributed by atoms with Crippen molar-refractivity contribution >= 4 is 8.03 Å². The highest BCUT2D eigenvalue weighted by molar-refractivity contribution is 7.37. The molecule has 0 fully saturated rings. The lowest BCUT2D eigenvalue weighted by Crippen LogP contribution is -1.85. The van der Waals surface area contributed by atoms with Gasteiger partial charge in [0.15, 0.2) is 8.03 Å². The average Bonchev–Trinajstić information content (AvgIpc) is 1.97. The van der Waals surface area contributed by atoms with Gasteiger partial charge in [0.2, 0.25) is 0 Å². The van der Waals surface area contributed by atoms with Crippen LogP contribution in [0.1, 0.15) is 32.6 Å². The summed E-state index contributed by atoms with van der Waals surface area (Å²) < 4.78 is 10.3. The van der Waals surface area contributed by atoms with Crippen molar-refractivity contribution < 1.29 is 9.46 Å². The SMILES string of the molecule is C=C(CCCC)CC[PH](=O)O. The molecule has 11 heavy (non-hydrogen) atoms. The number of allylic oxidation sites excluding steroid dienone is 1. The van der Waals surface area contributed by atoms with E-state index in [1.165, 1.54) is 0 Å². The van der Waals surface area contributed by atoms with Crippen LogP contribution in [0.3, 0.4) is 0 Å². The highest BCUT2D eigenvalue weighted by Gasteiger charge is 1.96. The van der Waals surface area contributed by atoms with Crippen LogP contribution in [-0.4, -0.2) is 11.1 Å². The van der Waals surface area contributed by atoms with Crippen molar-refractivity contribution in [2.45, 2.75) is 32.6 Å². The molecule has 0 amide bonds. The molecular weight excluding hydrogens is 159 g/mol. The van der Waals surface area contributed by atoms with E-state index < -0.39 is 8.03 Å². The lowest BCUT2D eigenvalue weighted by molar-refractivity contribution is 0.502. The minimum absolute atomic E-state index is 0.410. The fraction of sp³-hybridized carbons (Fsp3) is 0.750. The van der Waals surface area contributed by atoms with Gasteiger partial charge >= 0.3 is 0 Å². The zero-order valence-corrected chi connectivity index (χ0v) is 8.10. The molecule has 0 aliphatic heterocycles. The number of rotatable bonds is 6. The predicted octanol–water partition coefficient (Wildman–Crippen LogP) is 2.59. The second-order valence-corrected chi connectivity index (χ2v) is 4.03. The van der Waals surface area contributed by atoms with Crippen molar-refractivity contribution in [2.75, 3.05) is 6.16 Å². The van der Waals surface area contributed by atoms with Gasteiger partial charge in [0.1, 0.15) is 0 Å². The zero-order chi connectivity index (χ0) is 8.69. The molecule has 2 nitrogen and oxygen atoms in total. The fourth-order valence-corrected chi connectivity index (χ4v) is 1.40. The Bertz CT molecular complexity index is 143. The van der Waals surface area contributed by atoms with Crippen LogP contribution in [0.15, 0.2) is 12.2 Å². The van der Waals surface area contributed by atoms with Crippen LogP contribution in [0, 0.1) is 0 Å². The molecule has 0 bridgehead atoms. The molecule has 0 aromatic carbocycles. The molecule has 0 aliphatic rings. The van der Waals surface area contributed by atoms with E-state index in [0.29, 0.717) is 12.6 Å². The third-order valence-corrected chi connectivity index (χ3v) is 2.25. The highest BCUT2D eigenvalue weighted by Crippen LogP contribution is 2.19. The average molecular weight is 176 g/mol. The van der Waals surface area contributed by atoms with Gasteiger partial charge in [-0.25, -0.2) is 0 Å². The summed E-state index contributed by atoms with van der Waals surface area (Å²) >= 11 is 0. The molecule has 0 spiro atoms. The van der Waals surface area contributed by atoms with Crippen molar-refractivity contribution in [3.05, 3.63) is 12.2 Å². The van der Waals surface area contributed by atoms with E-state index in [9.17, 15) is 4.57 Å². The first-order valence-corrected chi connectivity index (χ1v) is 5.61. The second kappa shape index (κ2) is 6.63.